The Kier molecular flexibility index (Phi) is 6.44. The number of anilines is 1. The molecule has 1 amide bonds. The fourth-order valence-corrected chi connectivity index (χ4v) is 3.94. The Labute approximate surface area is 157 Å². The molecule has 0 heterocycles. The molecule has 0 aromatic heterocycles. The van der Waals surface area contributed by atoms with Gasteiger partial charge in [-0.2, -0.15) is 0 Å². The van der Waals surface area contributed by atoms with Crippen LogP contribution in [0, 0.1) is 12.7 Å². The molecule has 0 saturated carbocycles. The molecule has 2 aromatic rings. The summed E-state index contributed by atoms with van der Waals surface area (Å²) >= 11 is 1.10. The molecule has 0 aliphatic rings. The number of hydrogen-bond donors (Lipinski definition) is 1. The van der Waals surface area contributed by atoms with Crippen LogP contribution in [0.25, 0.3) is 0 Å². The van der Waals surface area contributed by atoms with E-state index in [9.17, 15) is 17.6 Å². The third-order valence-electron chi connectivity index (χ3n) is 3.76. The average Bonchev–Trinajstić information content (AvgIpc) is 2.58. The number of rotatable bonds is 6. The first kappa shape index (κ1) is 20.4. The van der Waals surface area contributed by atoms with Gasteiger partial charge in [0.25, 0.3) is 0 Å². The summed E-state index contributed by atoms with van der Waals surface area (Å²) in [7, 11) is -0.709. The molecular weight excluding hydrogens is 375 g/mol. The molecule has 1 unspecified atom stereocenters. The van der Waals surface area contributed by atoms with Crippen molar-refractivity contribution in [1.29, 1.82) is 0 Å². The van der Waals surface area contributed by atoms with Crippen molar-refractivity contribution >= 4 is 33.4 Å². The summed E-state index contributed by atoms with van der Waals surface area (Å²) in [6.45, 7) is 3.44. The van der Waals surface area contributed by atoms with Crippen LogP contribution in [-0.2, 0) is 14.8 Å². The van der Waals surface area contributed by atoms with Gasteiger partial charge in [-0.3, -0.25) is 4.79 Å². The van der Waals surface area contributed by atoms with Gasteiger partial charge in [0.15, 0.2) is 0 Å². The zero-order chi connectivity index (χ0) is 19.5. The van der Waals surface area contributed by atoms with E-state index >= 15 is 0 Å². The number of amides is 1. The summed E-state index contributed by atoms with van der Waals surface area (Å²) in [5.41, 5.74) is 1.15. The van der Waals surface area contributed by atoms with E-state index < -0.39 is 15.3 Å². The molecule has 140 valence electrons. The van der Waals surface area contributed by atoms with Crippen LogP contribution in [0.5, 0.6) is 0 Å². The largest absolute Gasteiger partial charge is 0.325 e. The van der Waals surface area contributed by atoms with E-state index in [0.717, 1.165) is 21.6 Å². The van der Waals surface area contributed by atoms with E-state index in [0.29, 0.717) is 10.6 Å². The maximum Gasteiger partial charge on any atom is 0.242 e. The van der Waals surface area contributed by atoms with Gasteiger partial charge in [0.05, 0.1) is 10.1 Å². The van der Waals surface area contributed by atoms with Crippen molar-refractivity contribution in [2.45, 2.75) is 28.9 Å². The van der Waals surface area contributed by atoms with E-state index in [-0.39, 0.29) is 16.6 Å². The predicted octanol–water partition coefficient (Wildman–Crippen LogP) is 3.50. The van der Waals surface area contributed by atoms with Crippen molar-refractivity contribution in [2.24, 2.45) is 0 Å². The Morgan fingerprint density at radius 1 is 1.19 bits per heavy atom. The predicted molar refractivity (Wildman–Crippen MR) is 102 cm³/mol. The summed E-state index contributed by atoms with van der Waals surface area (Å²) in [6, 6.07) is 10.8. The molecule has 1 N–H and O–H groups in total. The highest BCUT2D eigenvalue weighted by Gasteiger charge is 2.21. The molecule has 8 heteroatoms. The molecule has 0 aliphatic heterocycles. The summed E-state index contributed by atoms with van der Waals surface area (Å²) in [5.74, 6) is -0.715. The van der Waals surface area contributed by atoms with Crippen molar-refractivity contribution < 1.29 is 17.6 Å². The number of halogens is 1. The molecule has 0 bridgehead atoms. The lowest BCUT2D eigenvalue weighted by atomic mass is 10.2. The van der Waals surface area contributed by atoms with Crippen LogP contribution >= 0.6 is 11.8 Å². The minimum absolute atomic E-state index is 0.0952. The van der Waals surface area contributed by atoms with Crippen LogP contribution in [0.1, 0.15) is 12.5 Å². The Hall–Kier alpha value is -1.90. The van der Waals surface area contributed by atoms with Gasteiger partial charge in [-0.1, -0.05) is 18.2 Å². The number of aryl methyl sites for hydroxylation is 1. The topological polar surface area (TPSA) is 66.5 Å². The first-order valence-corrected chi connectivity index (χ1v) is 10.2. The van der Waals surface area contributed by atoms with Gasteiger partial charge in [0.1, 0.15) is 5.82 Å². The number of thioether (sulfide) groups is 1. The number of carbonyl (C=O) groups excluding carboxylic acids is 1. The third kappa shape index (κ3) is 4.63. The molecule has 26 heavy (non-hydrogen) atoms. The van der Waals surface area contributed by atoms with Crippen LogP contribution in [0.3, 0.4) is 0 Å². The quantitative estimate of drug-likeness (QED) is 0.759. The van der Waals surface area contributed by atoms with Gasteiger partial charge < -0.3 is 5.32 Å². The highest BCUT2D eigenvalue weighted by molar-refractivity contribution is 8.00. The van der Waals surface area contributed by atoms with Crippen molar-refractivity contribution in [2.75, 3.05) is 19.4 Å². The Morgan fingerprint density at radius 3 is 2.46 bits per heavy atom. The van der Waals surface area contributed by atoms with Crippen molar-refractivity contribution in [3.63, 3.8) is 0 Å². The van der Waals surface area contributed by atoms with Gasteiger partial charge in [-0.25, -0.2) is 17.1 Å². The van der Waals surface area contributed by atoms with Crippen LogP contribution in [0.15, 0.2) is 52.3 Å². The molecule has 1 atom stereocenters. The fraction of sp³-hybridized carbons (Fsp3) is 0.278. The number of sulfonamides is 1. The second-order valence-corrected chi connectivity index (χ2v) is 9.48. The molecular formula is C18H21FN2O3S2. The number of carbonyl (C=O) groups is 1. The van der Waals surface area contributed by atoms with E-state index in [4.69, 9.17) is 0 Å². The number of nitrogens with zero attached hydrogens (tertiary/aromatic N) is 1. The zero-order valence-corrected chi connectivity index (χ0v) is 16.6. The van der Waals surface area contributed by atoms with Gasteiger partial charge in [0.2, 0.25) is 15.9 Å². The Bertz CT molecular complexity index is 914. The maximum absolute atomic E-state index is 13.7. The minimum atomic E-state index is -3.60. The highest BCUT2D eigenvalue weighted by Crippen LogP contribution is 2.28. The van der Waals surface area contributed by atoms with Gasteiger partial charge in [-0.05, 0) is 43.7 Å². The van der Waals surface area contributed by atoms with Gasteiger partial charge >= 0.3 is 0 Å². The molecule has 0 saturated heterocycles. The van der Waals surface area contributed by atoms with Gasteiger partial charge in [0, 0.05) is 24.7 Å². The average molecular weight is 397 g/mol. The summed E-state index contributed by atoms with van der Waals surface area (Å²) in [4.78, 5) is 12.9. The Morgan fingerprint density at radius 2 is 1.85 bits per heavy atom. The van der Waals surface area contributed by atoms with E-state index in [2.05, 4.69) is 5.32 Å². The standard InChI is InChI=1S/C18H21FN2O3S2/c1-12-9-10-14(26(23,24)21(3)4)11-16(12)20-18(22)13(2)25-17-8-6-5-7-15(17)19/h5-11,13H,1-4H3,(H,20,22). The van der Waals surface area contributed by atoms with Crippen molar-refractivity contribution in [3.05, 3.63) is 53.8 Å². The molecule has 0 aliphatic carbocycles. The maximum atomic E-state index is 13.7. The van der Waals surface area contributed by atoms with Gasteiger partial charge in [-0.15, -0.1) is 11.8 Å². The van der Waals surface area contributed by atoms with Crippen molar-refractivity contribution in [1.82, 2.24) is 4.31 Å². The Balaban J connectivity index is 2.19. The lowest BCUT2D eigenvalue weighted by Gasteiger charge is -2.16. The highest BCUT2D eigenvalue weighted by atomic mass is 32.2. The second kappa shape index (κ2) is 8.20. The third-order valence-corrected chi connectivity index (χ3v) is 6.72. The first-order chi connectivity index (χ1) is 12.1. The lowest BCUT2D eigenvalue weighted by molar-refractivity contribution is -0.115. The van der Waals surface area contributed by atoms with E-state index in [1.165, 1.54) is 32.3 Å². The summed E-state index contributed by atoms with van der Waals surface area (Å²) in [6.07, 6.45) is 0. The smallest absolute Gasteiger partial charge is 0.242 e. The van der Waals surface area contributed by atoms with Crippen LogP contribution < -0.4 is 5.32 Å². The van der Waals surface area contributed by atoms with Crippen LogP contribution in [0.4, 0.5) is 10.1 Å². The fourth-order valence-electron chi connectivity index (χ4n) is 2.13. The first-order valence-electron chi connectivity index (χ1n) is 7.88. The molecule has 0 radical (unpaired) electrons. The monoisotopic (exact) mass is 396 g/mol. The normalized spacial score (nSPS) is 12.8. The van der Waals surface area contributed by atoms with E-state index in [1.807, 2.05) is 0 Å². The SMILES string of the molecule is Cc1ccc(S(=O)(=O)N(C)C)cc1NC(=O)C(C)Sc1ccccc1F. The van der Waals surface area contributed by atoms with Crippen molar-refractivity contribution in [3.8, 4) is 0 Å². The molecule has 2 rings (SSSR count). The summed E-state index contributed by atoms with van der Waals surface area (Å²) < 4.78 is 39.4. The lowest BCUT2D eigenvalue weighted by Crippen LogP contribution is -2.24. The zero-order valence-electron chi connectivity index (χ0n) is 15.0. The number of nitrogens with one attached hydrogen (secondary N) is 1. The number of benzene rings is 2. The second-order valence-electron chi connectivity index (χ2n) is 5.94. The summed E-state index contributed by atoms with van der Waals surface area (Å²) in [5, 5.41) is 2.18. The molecule has 5 nitrogen and oxygen atoms in total. The number of hydrogen-bond acceptors (Lipinski definition) is 4. The van der Waals surface area contributed by atoms with Crippen LogP contribution in [-0.4, -0.2) is 38.0 Å². The molecule has 0 fully saturated rings. The van der Waals surface area contributed by atoms with Crippen LogP contribution in [0.2, 0.25) is 0 Å². The minimum Gasteiger partial charge on any atom is -0.325 e. The molecule has 0 spiro atoms. The van der Waals surface area contributed by atoms with E-state index in [1.54, 1.807) is 38.1 Å². The molecule has 2 aromatic carbocycles.